The Labute approximate surface area is 95.4 Å². The minimum absolute atomic E-state index is 0.231. The Bertz CT molecular complexity index is 421. The summed E-state index contributed by atoms with van der Waals surface area (Å²) in [6.45, 7) is 6.21. The van der Waals surface area contributed by atoms with E-state index >= 15 is 0 Å². The van der Waals surface area contributed by atoms with Crippen LogP contribution in [0.15, 0.2) is 18.2 Å². The van der Waals surface area contributed by atoms with E-state index in [1.54, 1.807) is 13.0 Å². The number of fused-ring (bicyclic) bond motifs is 1. The molecule has 0 saturated carbocycles. The van der Waals surface area contributed by atoms with E-state index in [4.69, 9.17) is 9.47 Å². The summed E-state index contributed by atoms with van der Waals surface area (Å²) in [4.78, 5) is 11.7. The molecule has 1 heterocycles. The summed E-state index contributed by atoms with van der Waals surface area (Å²) in [5, 5.41) is 0. The Kier molecular flexibility index (Phi) is 2.62. The van der Waals surface area contributed by atoms with Crippen molar-refractivity contribution in [3.05, 3.63) is 29.3 Å². The fourth-order valence-corrected chi connectivity index (χ4v) is 1.99. The smallest absolute Gasteiger partial charge is 0.341 e. The second-order valence-corrected chi connectivity index (χ2v) is 4.55. The molecule has 1 aliphatic heterocycles. The van der Waals surface area contributed by atoms with Gasteiger partial charge in [-0.3, -0.25) is 0 Å². The lowest BCUT2D eigenvalue weighted by atomic mass is 10.0. The van der Waals surface area contributed by atoms with E-state index in [1.165, 1.54) is 0 Å². The summed E-state index contributed by atoms with van der Waals surface area (Å²) >= 11 is 0. The molecular weight excluding hydrogens is 204 g/mol. The number of benzene rings is 1. The number of rotatable bonds is 2. The van der Waals surface area contributed by atoms with Crippen LogP contribution in [-0.4, -0.2) is 18.2 Å². The Morgan fingerprint density at radius 3 is 2.94 bits per heavy atom. The fraction of sp³-hybridized carbons (Fsp3) is 0.462. The van der Waals surface area contributed by atoms with Gasteiger partial charge in [0.25, 0.3) is 0 Å². The Balaban J connectivity index is 2.37. The Morgan fingerprint density at radius 1 is 1.50 bits per heavy atom. The van der Waals surface area contributed by atoms with Gasteiger partial charge in [-0.2, -0.15) is 0 Å². The number of esters is 1. The van der Waals surface area contributed by atoms with Gasteiger partial charge in [-0.15, -0.1) is 0 Å². The maximum atomic E-state index is 11.7. The predicted molar refractivity (Wildman–Crippen MR) is 60.8 cm³/mol. The lowest BCUT2D eigenvalue weighted by Crippen LogP contribution is -2.25. The van der Waals surface area contributed by atoms with Crippen LogP contribution in [0.1, 0.15) is 36.7 Å². The van der Waals surface area contributed by atoms with Gasteiger partial charge in [0, 0.05) is 6.42 Å². The van der Waals surface area contributed by atoms with Crippen molar-refractivity contribution in [1.82, 2.24) is 0 Å². The van der Waals surface area contributed by atoms with Gasteiger partial charge >= 0.3 is 5.97 Å². The highest BCUT2D eigenvalue weighted by atomic mass is 16.5. The lowest BCUT2D eigenvalue weighted by molar-refractivity contribution is 0.0516. The maximum absolute atomic E-state index is 11.7. The van der Waals surface area contributed by atoms with Crippen molar-refractivity contribution < 1.29 is 14.3 Å². The van der Waals surface area contributed by atoms with Gasteiger partial charge in [-0.1, -0.05) is 12.1 Å². The molecule has 0 unspecified atom stereocenters. The van der Waals surface area contributed by atoms with Crippen molar-refractivity contribution in [1.29, 1.82) is 0 Å². The SMILES string of the molecule is CCOC(=O)c1cccc2c1OC(C)(C)C2. The molecule has 0 fully saturated rings. The van der Waals surface area contributed by atoms with Gasteiger partial charge in [0.05, 0.1) is 6.61 Å². The maximum Gasteiger partial charge on any atom is 0.341 e. The molecule has 1 aliphatic rings. The zero-order chi connectivity index (χ0) is 11.8. The Morgan fingerprint density at radius 2 is 2.25 bits per heavy atom. The molecule has 0 saturated heterocycles. The number of carbonyl (C=O) groups is 1. The highest BCUT2D eigenvalue weighted by Gasteiger charge is 2.33. The fourth-order valence-electron chi connectivity index (χ4n) is 1.99. The van der Waals surface area contributed by atoms with Crippen LogP contribution < -0.4 is 4.74 Å². The van der Waals surface area contributed by atoms with Crippen LogP contribution in [0.25, 0.3) is 0 Å². The average molecular weight is 220 g/mol. The minimum Gasteiger partial charge on any atom is -0.486 e. The first-order valence-electron chi connectivity index (χ1n) is 5.51. The van der Waals surface area contributed by atoms with Crippen LogP contribution in [0, 0.1) is 0 Å². The Hall–Kier alpha value is -1.51. The molecule has 0 aliphatic carbocycles. The molecule has 3 heteroatoms. The number of ether oxygens (including phenoxy) is 2. The summed E-state index contributed by atoms with van der Waals surface area (Å²) < 4.78 is 10.8. The molecule has 86 valence electrons. The van der Waals surface area contributed by atoms with Crippen LogP contribution in [0.2, 0.25) is 0 Å². The number of hydrogen-bond acceptors (Lipinski definition) is 3. The molecule has 0 N–H and O–H groups in total. The molecule has 0 atom stereocenters. The van der Waals surface area contributed by atoms with E-state index in [0.717, 1.165) is 12.0 Å². The summed E-state index contributed by atoms with van der Waals surface area (Å²) in [5.41, 5.74) is 1.38. The average Bonchev–Trinajstić information content (AvgIpc) is 2.51. The number of hydrogen-bond donors (Lipinski definition) is 0. The van der Waals surface area contributed by atoms with Crippen LogP contribution in [-0.2, 0) is 11.2 Å². The van der Waals surface area contributed by atoms with Crippen LogP contribution in [0.4, 0.5) is 0 Å². The molecule has 16 heavy (non-hydrogen) atoms. The number of para-hydroxylation sites is 1. The van der Waals surface area contributed by atoms with Gasteiger partial charge in [-0.25, -0.2) is 4.79 Å². The van der Waals surface area contributed by atoms with Gasteiger partial charge in [0.1, 0.15) is 16.9 Å². The van der Waals surface area contributed by atoms with E-state index in [-0.39, 0.29) is 11.6 Å². The second-order valence-electron chi connectivity index (χ2n) is 4.55. The number of carbonyl (C=O) groups excluding carboxylic acids is 1. The van der Waals surface area contributed by atoms with Crippen molar-refractivity contribution in [3.63, 3.8) is 0 Å². The standard InChI is InChI=1S/C13H16O3/c1-4-15-12(14)10-7-5-6-9-8-13(2,3)16-11(9)10/h5-7H,4,8H2,1-3H3. The normalized spacial score (nSPS) is 16.4. The largest absolute Gasteiger partial charge is 0.486 e. The first-order chi connectivity index (χ1) is 7.53. The third-order valence-corrected chi connectivity index (χ3v) is 2.59. The van der Waals surface area contributed by atoms with Crippen molar-refractivity contribution in [2.24, 2.45) is 0 Å². The molecule has 3 nitrogen and oxygen atoms in total. The molecule has 1 aromatic carbocycles. The topological polar surface area (TPSA) is 35.5 Å². The molecule has 0 amide bonds. The van der Waals surface area contributed by atoms with E-state index < -0.39 is 0 Å². The van der Waals surface area contributed by atoms with Gasteiger partial charge in [-0.05, 0) is 32.4 Å². The molecule has 1 aromatic rings. The zero-order valence-corrected chi connectivity index (χ0v) is 9.87. The van der Waals surface area contributed by atoms with Crippen molar-refractivity contribution in [2.75, 3.05) is 6.61 Å². The molecule has 0 radical (unpaired) electrons. The van der Waals surface area contributed by atoms with Crippen LogP contribution in [0.3, 0.4) is 0 Å². The third kappa shape index (κ3) is 1.90. The van der Waals surface area contributed by atoms with E-state index in [2.05, 4.69) is 0 Å². The predicted octanol–water partition coefficient (Wildman–Crippen LogP) is 2.58. The quantitative estimate of drug-likeness (QED) is 0.718. The van der Waals surface area contributed by atoms with Gasteiger partial charge < -0.3 is 9.47 Å². The summed E-state index contributed by atoms with van der Waals surface area (Å²) in [6, 6.07) is 5.61. The van der Waals surface area contributed by atoms with Crippen molar-refractivity contribution in [3.8, 4) is 5.75 Å². The van der Waals surface area contributed by atoms with Gasteiger partial charge in [0.15, 0.2) is 0 Å². The minimum atomic E-state index is -0.308. The monoisotopic (exact) mass is 220 g/mol. The van der Waals surface area contributed by atoms with Crippen LogP contribution in [0.5, 0.6) is 5.75 Å². The highest BCUT2D eigenvalue weighted by Crippen LogP contribution is 2.37. The first kappa shape index (κ1) is 11.0. The summed E-state index contributed by atoms with van der Waals surface area (Å²) in [7, 11) is 0. The second kappa shape index (κ2) is 3.81. The molecular formula is C13H16O3. The van der Waals surface area contributed by atoms with Crippen molar-refractivity contribution in [2.45, 2.75) is 32.8 Å². The van der Waals surface area contributed by atoms with E-state index in [9.17, 15) is 4.79 Å². The summed E-state index contributed by atoms with van der Waals surface area (Å²) in [6.07, 6.45) is 0.829. The molecule has 0 spiro atoms. The highest BCUT2D eigenvalue weighted by molar-refractivity contribution is 5.93. The van der Waals surface area contributed by atoms with Crippen LogP contribution >= 0.6 is 0 Å². The van der Waals surface area contributed by atoms with E-state index in [1.807, 2.05) is 26.0 Å². The van der Waals surface area contributed by atoms with Crippen molar-refractivity contribution >= 4 is 5.97 Å². The third-order valence-electron chi connectivity index (χ3n) is 2.59. The molecule has 2 rings (SSSR count). The first-order valence-corrected chi connectivity index (χ1v) is 5.51. The molecule has 0 aromatic heterocycles. The molecule has 0 bridgehead atoms. The lowest BCUT2D eigenvalue weighted by Gasteiger charge is -2.17. The zero-order valence-electron chi connectivity index (χ0n) is 9.87. The van der Waals surface area contributed by atoms with E-state index in [0.29, 0.717) is 17.9 Å². The van der Waals surface area contributed by atoms with Gasteiger partial charge in [0.2, 0.25) is 0 Å². The summed E-state index contributed by atoms with van der Waals surface area (Å²) in [5.74, 6) is 0.378.